The van der Waals surface area contributed by atoms with E-state index in [-0.39, 0.29) is 12.0 Å². The van der Waals surface area contributed by atoms with E-state index in [2.05, 4.69) is 31.9 Å². The molecule has 0 bridgehead atoms. The summed E-state index contributed by atoms with van der Waals surface area (Å²) in [6.07, 6.45) is 9.07. The van der Waals surface area contributed by atoms with Crippen LogP contribution in [0, 0.1) is 5.92 Å². The van der Waals surface area contributed by atoms with Crippen LogP contribution in [-0.2, 0) is 4.79 Å². The van der Waals surface area contributed by atoms with Crippen molar-refractivity contribution in [1.82, 2.24) is 14.9 Å². The fraction of sp³-hybridized carbons (Fsp3) is 0.500. The van der Waals surface area contributed by atoms with Crippen molar-refractivity contribution in [2.45, 2.75) is 38.6 Å². The van der Waals surface area contributed by atoms with Crippen molar-refractivity contribution in [2.75, 3.05) is 31.1 Å². The first-order chi connectivity index (χ1) is 13.8. The van der Waals surface area contributed by atoms with Crippen LogP contribution >= 0.6 is 0 Å². The topological polar surface area (TPSA) is 58.6 Å². The second-order valence-electron chi connectivity index (χ2n) is 7.52. The highest BCUT2D eigenvalue weighted by molar-refractivity contribution is 5.80. The normalized spacial score (nSPS) is 20.4. The molecule has 0 spiro atoms. The number of carbonyl (C=O) groups is 1. The van der Waals surface area contributed by atoms with Gasteiger partial charge in [-0.25, -0.2) is 4.98 Å². The first-order valence-corrected chi connectivity index (χ1v) is 10.3. The van der Waals surface area contributed by atoms with Gasteiger partial charge in [-0.3, -0.25) is 9.78 Å². The van der Waals surface area contributed by atoms with Crippen LogP contribution in [0.15, 0.2) is 42.9 Å². The molecule has 0 radical (unpaired) electrons. The number of hydrogen-bond donors (Lipinski definition) is 0. The number of amides is 1. The fourth-order valence-electron chi connectivity index (χ4n) is 4.37. The SMILES string of the molecule is CCOc1ccc(C2CCCN2C(=O)C2CCN(c3cnccn3)CC2)cc1. The first kappa shape index (κ1) is 18.7. The summed E-state index contributed by atoms with van der Waals surface area (Å²) in [5.74, 6) is 2.21. The van der Waals surface area contributed by atoms with Gasteiger partial charge in [0.05, 0.1) is 18.8 Å². The number of aromatic nitrogens is 2. The molecule has 1 unspecified atom stereocenters. The predicted molar refractivity (Wildman–Crippen MR) is 108 cm³/mol. The minimum absolute atomic E-state index is 0.108. The van der Waals surface area contributed by atoms with Crippen molar-refractivity contribution in [2.24, 2.45) is 5.92 Å². The summed E-state index contributed by atoms with van der Waals surface area (Å²) in [6.45, 7) is 5.23. The maximum atomic E-state index is 13.3. The zero-order valence-corrected chi connectivity index (χ0v) is 16.5. The Kier molecular flexibility index (Phi) is 5.74. The summed E-state index contributed by atoms with van der Waals surface area (Å²) < 4.78 is 5.54. The molecular weight excluding hydrogens is 352 g/mol. The van der Waals surface area contributed by atoms with Gasteiger partial charge in [-0.2, -0.15) is 0 Å². The lowest BCUT2D eigenvalue weighted by atomic mass is 9.94. The molecule has 2 aromatic rings. The van der Waals surface area contributed by atoms with E-state index in [9.17, 15) is 4.79 Å². The molecule has 148 valence electrons. The number of ether oxygens (including phenoxy) is 1. The van der Waals surface area contributed by atoms with Crippen molar-refractivity contribution < 1.29 is 9.53 Å². The van der Waals surface area contributed by atoms with Crippen LogP contribution in [0.5, 0.6) is 5.75 Å². The van der Waals surface area contributed by atoms with E-state index in [1.165, 1.54) is 5.56 Å². The maximum Gasteiger partial charge on any atom is 0.226 e. The number of rotatable bonds is 5. The molecule has 1 atom stereocenters. The largest absolute Gasteiger partial charge is 0.494 e. The molecule has 28 heavy (non-hydrogen) atoms. The number of likely N-dealkylation sites (tertiary alicyclic amines) is 1. The molecule has 1 aromatic heterocycles. The standard InChI is InChI=1S/C22H28N4O2/c1-2-28-19-7-5-17(6-8-19)20-4-3-13-26(20)22(27)18-9-14-25(15-10-18)21-16-23-11-12-24-21/h5-8,11-12,16,18,20H,2-4,9-10,13-15H2,1H3. The first-order valence-electron chi connectivity index (χ1n) is 10.3. The molecule has 6 heteroatoms. The Hall–Kier alpha value is -2.63. The number of hydrogen-bond acceptors (Lipinski definition) is 5. The summed E-state index contributed by atoms with van der Waals surface area (Å²) >= 11 is 0. The van der Waals surface area contributed by atoms with Gasteiger partial charge in [0.15, 0.2) is 0 Å². The van der Waals surface area contributed by atoms with Gasteiger partial charge in [-0.15, -0.1) is 0 Å². The lowest BCUT2D eigenvalue weighted by Gasteiger charge is -2.35. The van der Waals surface area contributed by atoms with E-state index in [1.807, 2.05) is 19.1 Å². The highest BCUT2D eigenvalue weighted by Gasteiger charge is 2.35. The Morgan fingerprint density at radius 2 is 1.89 bits per heavy atom. The molecule has 0 N–H and O–H groups in total. The number of nitrogens with zero attached hydrogens (tertiary/aromatic N) is 4. The molecule has 2 aliphatic heterocycles. The molecule has 6 nitrogen and oxygen atoms in total. The molecule has 3 heterocycles. The van der Waals surface area contributed by atoms with Crippen LogP contribution in [0.1, 0.15) is 44.2 Å². The number of carbonyl (C=O) groups excluding carboxylic acids is 1. The zero-order chi connectivity index (χ0) is 19.3. The van der Waals surface area contributed by atoms with Crippen LogP contribution in [0.2, 0.25) is 0 Å². The minimum Gasteiger partial charge on any atom is -0.494 e. The van der Waals surface area contributed by atoms with Crippen molar-refractivity contribution in [3.8, 4) is 5.75 Å². The zero-order valence-electron chi connectivity index (χ0n) is 16.5. The van der Waals surface area contributed by atoms with Crippen LogP contribution in [0.3, 0.4) is 0 Å². The van der Waals surface area contributed by atoms with Gasteiger partial charge in [0.25, 0.3) is 0 Å². The Morgan fingerprint density at radius 1 is 1.11 bits per heavy atom. The van der Waals surface area contributed by atoms with E-state index >= 15 is 0 Å². The van der Waals surface area contributed by atoms with E-state index < -0.39 is 0 Å². The Morgan fingerprint density at radius 3 is 2.57 bits per heavy atom. The number of piperidine rings is 1. The Bertz CT molecular complexity index is 773. The van der Waals surface area contributed by atoms with E-state index in [0.717, 1.165) is 56.9 Å². The lowest BCUT2D eigenvalue weighted by Crippen LogP contribution is -2.42. The quantitative estimate of drug-likeness (QED) is 0.795. The lowest BCUT2D eigenvalue weighted by molar-refractivity contribution is -0.137. The monoisotopic (exact) mass is 380 g/mol. The third-order valence-electron chi connectivity index (χ3n) is 5.83. The molecule has 0 saturated carbocycles. The van der Waals surface area contributed by atoms with Crippen LogP contribution in [0.4, 0.5) is 5.82 Å². The van der Waals surface area contributed by atoms with E-state index in [1.54, 1.807) is 18.6 Å². The molecule has 4 rings (SSSR count). The second kappa shape index (κ2) is 8.59. The van der Waals surface area contributed by atoms with Crippen LogP contribution in [0.25, 0.3) is 0 Å². The van der Waals surface area contributed by atoms with Gasteiger partial charge in [-0.1, -0.05) is 12.1 Å². The molecule has 2 fully saturated rings. The average molecular weight is 380 g/mol. The molecule has 2 saturated heterocycles. The molecule has 1 aromatic carbocycles. The minimum atomic E-state index is 0.108. The third kappa shape index (κ3) is 3.96. The molecular formula is C22H28N4O2. The van der Waals surface area contributed by atoms with Crippen molar-refractivity contribution in [3.05, 3.63) is 48.4 Å². The van der Waals surface area contributed by atoms with Gasteiger partial charge in [0, 0.05) is 37.9 Å². The summed E-state index contributed by atoms with van der Waals surface area (Å²) in [5.41, 5.74) is 1.21. The summed E-state index contributed by atoms with van der Waals surface area (Å²) in [6, 6.07) is 8.44. The van der Waals surface area contributed by atoms with Gasteiger partial charge >= 0.3 is 0 Å². The summed E-state index contributed by atoms with van der Waals surface area (Å²) in [4.78, 5) is 26.1. The molecule has 0 aliphatic carbocycles. The Balaban J connectivity index is 1.38. The number of benzene rings is 1. The average Bonchev–Trinajstić information content (AvgIpc) is 3.25. The highest BCUT2D eigenvalue weighted by Crippen LogP contribution is 2.35. The van der Waals surface area contributed by atoms with Gasteiger partial charge in [-0.05, 0) is 50.3 Å². The van der Waals surface area contributed by atoms with Gasteiger partial charge < -0.3 is 14.5 Å². The third-order valence-corrected chi connectivity index (χ3v) is 5.83. The van der Waals surface area contributed by atoms with E-state index in [0.29, 0.717) is 12.5 Å². The van der Waals surface area contributed by atoms with Gasteiger partial charge in [0.1, 0.15) is 11.6 Å². The van der Waals surface area contributed by atoms with Crippen molar-refractivity contribution in [3.63, 3.8) is 0 Å². The number of anilines is 1. The molecule has 1 amide bonds. The van der Waals surface area contributed by atoms with Crippen molar-refractivity contribution >= 4 is 11.7 Å². The second-order valence-corrected chi connectivity index (χ2v) is 7.52. The van der Waals surface area contributed by atoms with Crippen LogP contribution < -0.4 is 9.64 Å². The predicted octanol–water partition coefficient (Wildman–Crippen LogP) is 3.46. The van der Waals surface area contributed by atoms with Crippen molar-refractivity contribution in [1.29, 1.82) is 0 Å². The molecule has 2 aliphatic rings. The summed E-state index contributed by atoms with van der Waals surface area (Å²) in [5, 5.41) is 0. The van der Waals surface area contributed by atoms with Crippen LogP contribution in [-0.4, -0.2) is 47.0 Å². The van der Waals surface area contributed by atoms with E-state index in [4.69, 9.17) is 4.74 Å². The smallest absolute Gasteiger partial charge is 0.226 e. The highest BCUT2D eigenvalue weighted by atomic mass is 16.5. The van der Waals surface area contributed by atoms with Gasteiger partial charge in [0.2, 0.25) is 5.91 Å². The fourth-order valence-corrected chi connectivity index (χ4v) is 4.37. The summed E-state index contributed by atoms with van der Waals surface area (Å²) in [7, 11) is 0. The Labute approximate surface area is 166 Å². The maximum absolute atomic E-state index is 13.3.